The Morgan fingerprint density at radius 3 is 2.23 bits per heavy atom. The number of anilines is 1. The molecule has 4 heterocycles. The number of amides is 1. The number of non-ortho nitro benzene ring substituents is 1. The minimum absolute atomic E-state index is 0.0154. The van der Waals surface area contributed by atoms with E-state index in [1.807, 2.05) is 54.6 Å². The van der Waals surface area contributed by atoms with Crippen LogP contribution in [-0.2, 0) is 0 Å². The van der Waals surface area contributed by atoms with E-state index in [0.717, 1.165) is 47.5 Å². The van der Waals surface area contributed by atoms with E-state index in [4.69, 9.17) is 15.2 Å². The summed E-state index contributed by atoms with van der Waals surface area (Å²) < 4.78 is 11.1. The third-order valence-electron chi connectivity index (χ3n) is 8.59. The van der Waals surface area contributed by atoms with Crippen LogP contribution in [0, 0.1) is 16.0 Å². The molecule has 3 N–H and O–H groups in total. The van der Waals surface area contributed by atoms with Crippen molar-refractivity contribution in [3.05, 3.63) is 95.3 Å². The number of hydrogen-bond acceptors (Lipinski definition) is 10. The van der Waals surface area contributed by atoms with Gasteiger partial charge in [-0.3, -0.25) is 15.2 Å². The summed E-state index contributed by atoms with van der Waals surface area (Å²) in [5.41, 5.74) is 8.21. The number of rotatable bonds is 7. The number of carbonyl (C=O) groups is 1. The minimum atomic E-state index is -0.473. The molecule has 3 aromatic carbocycles. The summed E-state index contributed by atoms with van der Waals surface area (Å²) in [6.07, 6.45) is 7.01. The maximum atomic E-state index is 12.2. The van der Waals surface area contributed by atoms with Crippen LogP contribution in [0.3, 0.4) is 0 Å². The van der Waals surface area contributed by atoms with Crippen LogP contribution in [0.1, 0.15) is 32.1 Å². The first-order chi connectivity index (χ1) is 23.4. The van der Waals surface area contributed by atoms with E-state index >= 15 is 0 Å². The molecule has 13 heteroatoms. The Labute approximate surface area is 277 Å². The lowest BCUT2D eigenvalue weighted by Crippen LogP contribution is -2.43. The molecule has 2 aliphatic heterocycles. The van der Waals surface area contributed by atoms with Gasteiger partial charge in [-0.2, -0.15) is 5.10 Å². The fourth-order valence-corrected chi connectivity index (χ4v) is 6.01. The second-order valence-corrected chi connectivity index (χ2v) is 11.9. The molecule has 0 spiro atoms. The number of ether oxygens (including phenoxy) is 2. The molecule has 2 fully saturated rings. The molecule has 2 aromatic heterocycles. The first-order valence-electron chi connectivity index (χ1n) is 16.1. The highest BCUT2D eigenvalue weighted by Gasteiger charge is 2.26. The van der Waals surface area contributed by atoms with E-state index in [0.29, 0.717) is 36.2 Å². The number of nitrogen functional groups attached to an aromatic ring is 1. The highest BCUT2D eigenvalue weighted by atomic mass is 16.6. The monoisotopic (exact) mass is 650 g/mol. The van der Waals surface area contributed by atoms with Crippen molar-refractivity contribution in [2.45, 2.75) is 32.1 Å². The summed E-state index contributed by atoms with van der Waals surface area (Å²) in [6.45, 7) is 4.99. The van der Waals surface area contributed by atoms with Crippen molar-refractivity contribution in [1.29, 1.82) is 0 Å². The predicted octanol–water partition coefficient (Wildman–Crippen LogP) is 6.69. The summed E-state index contributed by atoms with van der Waals surface area (Å²) in [5.74, 6) is 2.95. The van der Waals surface area contributed by atoms with Gasteiger partial charge in [0.15, 0.2) is 5.65 Å². The highest BCUT2D eigenvalue weighted by Crippen LogP contribution is 2.30. The Kier molecular flexibility index (Phi) is 10.4. The van der Waals surface area contributed by atoms with E-state index in [1.54, 1.807) is 4.90 Å². The molecule has 0 unspecified atom stereocenters. The molecule has 1 amide bonds. The molecule has 0 aliphatic carbocycles. The number of piperidine rings is 2. The molecule has 2 aliphatic rings. The molecular weight excluding hydrogens is 612 g/mol. The van der Waals surface area contributed by atoms with Gasteiger partial charge in [-0.25, -0.2) is 14.8 Å². The van der Waals surface area contributed by atoms with Crippen molar-refractivity contribution in [3.63, 3.8) is 0 Å². The van der Waals surface area contributed by atoms with E-state index in [-0.39, 0.29) is 11.8 Å². The van der Waals surface area contributed by atoms with Crippen molar-refractivity contribution >= 4 is 28.6 Å². The molecule has 0 bridgehead atoms. The van der Waals surface area contributed by atoms with Crippen molar-refractivity contribution < 1.29 is 19.2 Å². The Morgan fingerprint density at radius 2 is 1.54 bits per heavy atom. The summed E-state index contributed by atoms with van der Waals surface area (Å²) >= 11 is 0. The number of aromatic amines is 1. The number of nitrogens with two attached hydrogens (primary N) is 1. The van der Waals surface area contributed by atoms with Gasteiger partial charge in [-0.1, -0.05) is 24.6 Å². The average molecular weight is 651 g/mol. The van der Waals surface area contributed by atoms with Crippen LogP contribution in [0.25, 0.3) is 22.3 Å². The number of carbonyl (C=O) groups excluding carboxylic acids is 1. The lowest BCUT2D eigenvalue weighted by molar-refractivity contribution is -0.384. The average Bonchev–Trinajstić information content (AvgIpc) is 3.56. The molecule has 7 rings (SSSR count). The Morgan fingerprint density at radius 1 is 0.875 bits per heavy atom. The SMILES string of the molecule is Nc1ncnc2n[nH]c(-c3ccc(Oc4ccccc4)cc3)c12.O=C(Oc1ccc([N+](=O)[O-])cc1)N1CCC(CN2CCCCC2)CC1. The van der Waals surface area contributed by atoms with Crippen LogP contribution < -0.4 is 15.2 Å². The van der Waals surface area contributed by atoms with Crippen LogP contribution in [0.15, 0.2) is 85.2 Å². The summed E-state index contributed by atoms with van der Waals surface area (Å²) in [7, 11) is 0. The summed E-state index contributed by atoms with van der Waals surface area (Å²) in [5, 5.41) is 18.5. The fourth-order valence-electron chi connectivity index (χ4n) is 6.01. The lowest BCUT2D eigenvalue weighted by Gasteiger charge is -2.35. The van der Waals surface area contributed by atoms with Crippen molar-refractivity contribution in [2.75, 3.05) is 38.5 Å². The second kappa shape index (κ2) is 15.4. The van der Waals surface area contributed by atoms with Crippen LogP contribution >= 0.6 is 0 Å². The number of para-hydroxylation sites is 1. The van der Waals surface area contributed by atoms with Gasteiger partial charge in [0.1, 0.15) is 29.4 Å². The zero-order chi connectivity index (χ0) is 33.3. The number of fused-ring (bicyclic) bond motifs is 1. The van der Waals surface area contributed by atoms with Gasteiger partial charge in [0.25, 0.3) is 5.69 Å². The summed E-state index contributed by atoms with van der Waals surface area (Å²) in [4.78, 5) is 34.8. The van der Waals surface area contributed by atoms with Gasteiger partial charge in [-0.15, -0.1) is 0 Å². The van der Waals surface area contributed by atoms with Gasteiger partial charge in [0.2, 0.25) is 0 Å². The minimum Gasteiger partial charge on any atom is -0.457 e. The highest BCUT2D eigenvalue weighted by molar-refractivity contribution is 5.97. The van der Waals surface area contributed by atoms with Crippen molar-refractivity contribution in [3.8, 4) is 28.5 Å². The maximum Gasteiger partial charge on any atom is 0.415 e. The van der Waals surface area contributed by atoms with E-state index in [1.165, 1.54) is 62.9 Å². The summed E-state index contributed by atoms with van der Waals surface area (Å²) in [6, 6.07) is 22.9. The fraction of sp³-hybridized carbons (Fsp3) is 0.314. The Balaban J connectivity index is 0.000000168. The maximum absolute atomic E-state index is 12.2. The Bertz CT molecular complexity index is 1800. The van der Waals surface area contributed by atoms with Crippen LogP contribution in [0.5, 0.6) is 17.2 Å². The standard InChI is InChI=1S/C18H25N3O4.C17H13N5O/c22-18(25-17-6-4-16(5-7-17)21(23)24)20-12-8-15(9-13-20)14-19-10-2-1-3-11-19;18-16-14-15(21-22-17(14)20-10-19-16)11-6-8-13(9-7-11)23-12-4-2-1-3-5-12/h4-7,15H,1-3,8-14H2;1-10H,(H3,18,19,20,21,22). The molecule has 5 aromatic rings. The molecule has 0 atom stereocenters. The van der Waals surface area contributed by atoms with Gasteiger partial charge >= 0.3 is 6.09 Å². The number of nitro benzene ring substituents is 1. The number of benzene rings is 3. The molecule has 13 nitrogen and oxygen atoms in total. The van der Waals surface area contributed by atoms with Crippen LogP contribution in [0.2, 0.25) is 0 Å². The Hall–Kier alpha value is -5.56. The van der Waals surface area contributed by atoms with Crippen LogP contribution in [0.4, 0.5) is 16.3 Å². The number of nitro groups is 1. The van der Waals surface area contributed by atoms with Crippen LogP contribution in [-0.4, -0.2) is 73.7 Å². The first-order valence-corrected chi connectivity index (χ1v) is 16.1. The number of aromatic nitrogens is 4. The lowest BCUT2D eigenvalue weighted by atomic mass is 9.95. The molecule has 2 saturated heterocycles. The van der Waals surface area contributed by atoms with Gasteiger partial charge in [0, 0.05) is 37.3 Å². The number of nitrogens with zero attached hydrogens (tertiary/aromatic N) is 6. The zero-order valence-electron chi connectivity index (χ0n) is 26.5. The van der Waals surface area contributed by atoms with Gasteiger partial charge in [-0.05, 0) is 93.2 Å². The van der Waals surface area contributed by atoms with E-state index in [2.05, 4.69) is 25.1 Å². The molecule has 0 radical (unpaired) electrons. The predicted molar refractivity (Wildman–Crippen MR) is 182 cm³/mol. The van der Waals surface area contributed by atoms with E-state index in [9.17, 15) is 14.9 Å². The normalized spacial score (nSPS) is 15.4. The van der Waals surface area contributed by atoms with E-state index < -0.39 is 4.92 Å². The van der Waals surface area contributed by atoms with Crippen molar-refractivity contribution in [2.24, 2.45) is 5.92 Å². The molecular formula is C35H38N8O5. The second-order valence-electron chi connectivity index (χ2n) is 11.9. The number of nitrogens with one attached hydrogen (secondary N) is 1. The largest absolute Gasteiger partial charge is 0.457 e. The smallest absolute Gasteiger partial charge is 0.415 e. The zero-order valence-corrected chi connectivity index (χ0v) is 26.5. The molecule has 248 valence electrons. The number of likely N-dealkylation sites (tertiary alicyclic amines) is 2. The molecule has 0 saturated carbocycles. The number of H-pyrrole nitrogens is 1. The first kappa shape index (κ1) is 32.4. The van der Waals surface area contributed by atoms with Gasteiger partial charge < -0.3 is 25.0 Å². The number of hydrogen-bond donors (Lipinski definition) is 2. The third-order valence-corrected chi connectivity index (χ3v) is 8.59. The molecule has 48 heavy (non-hydrogen) atoms. The third kappa shape index (κ3) is 8.23. The topological polar surface area (TPSA) is 166 Å². The van der Waals surface area contributed by atoms with Crippen molar-refractivity contribution in [1.82, 2.24) is 30.0 Å². The quantitative estimate of drug-likeness (QED) is 0.143. The van der Waals surface area contributed by atoms with Gasteiger partial charge in [0.05, 0.1) is 16.0 Å².